The molecule has 1 aliphatic rings. The number of para-hydroxylation sites is 1. The maximum absolute atomic E-state index is 11.9. The minimum atomic E-state index is -3.51. The lowest BCUT2D eigenvalue weighted by Gasteiger charge is -2.33. The molecule has 0 aromatic heterocycles. The minimum Gasteiger partial charge on any atom is -0.382 e. The first kappa shape index (κ1) is 15.3. The van der Waals surface area contributed by atoms with E-state index in [9.17, 15) is 8.42 Å². The summed E-state index contributed by atoms with van der Waals surface area (Å²) in [5.41, 5.74) is 0. The topological polar surface area (TPSA) is 49.9 Å². The first-order chi connectivity index (χ1) is 9.59. The SMILES string of the molecule is CCN1CCN(CCS(=O)(=O)Oc2ccccc2)CC1. The van der Waals surface area contributed by atoms with Crippen LogP contribution in [0.4, 0.5) is 0 Å². The zero-order valence-electron chi connectivity index (χ0n) is 11.9. The fourth-order valence-electron chi connectivity index (χ4n) is 2.23. The van der Waals surface area contributed by atoms with Gasteiger partial charge in [0, 0.05) is 32.7 Å². The Morgan fingerprint density at radius 3 is 2.25 bits per heavy atom. The standard InChI is InChI=1S/C14H22N2O3S/c1-2-15-8-10-16(11-9-15)12-13-20(17,18)19-14-6-4-3-5-7-14/h3-7H,2,8-13H2,1H3. The van der Waals surface area contributed by atoms with Gasteiger partial charge >= 0.3 is 10.1 Å². The van der Waals surface area contributed by atoms with Crippen LogP contribution in [-0.2, 0) is 10.1 Å². The van der Waals surface area contributed by atoms with Gasteiger partial charge in [-0.15, -0.1) is 0 Å². The summed E-state index contributed by atoms with van der Waals surface area (Å²) in [4.78, 5) is 4.55. The van der Waals surface area contributed by atoms with Crippen LogP contribution in [0.5, 0.6) is 5.75 Å². The zero-order valence-corrected chi connectivity index (χ0v) is 12.7. The number of hydrogen-bond donors (Lipinski definition) is 0. The molecule has 5 nitrogen and oxygen atoms in total. The van der Waals surface area contributed by atoms with Crippen molar-refractivity contribution >= 4 is 10.1 Å². The summed E-state index contributed by atoms with van der Waals surface area (Å²) in [5, 5.41) is 0. The molecule has 0 aliphatic carbocycles. The van der Waals surface area contributed by atoms with Gasteiger partial charge in [-0.05, 0) is 18.7 Å². The molecule has 0 unspecified atom stereocenters. The summed E-state index contributed by atoms with van der Waals surface area (Å²) in [6.45, 7) is 7.61. The van der Waals surface area contributed by atoms with Crippen LogP contribution in [0, 0.1) is 0 Å². The average molecular weight is 298 g/mol. The minimum absolute atomic E-state index is 0.0357. The molecule has 0 atom stereocenters. The van der Waals surface area contributed by atoms with Crippen molar-refractivity contribution in [3.8, 4) is 5.75 Å². The van der Waals surface area contributed by atoms with Crippen molar-refractivity contribution in [1.29, 1.82) is 0 Å². The third-order valence-corrected chi connectivity index (χ3v) is 4.66. The molecule has 0 bridgehead atoms. The maximum Gasteiger partial charge on any atom is 0.310 e. The Morgan fingerprint density at radius 1 is 1.05 bits per heavy atom. The lowest BCUT2D eigenvalue weighted by atomic mass is 10.3. The van der Waals surface area contributed by atoms with E-state index in [1.54, 1.807) is 24.3 Å². The van der Waals surface area contributed by atoms with E-state index in [0.29, 0.717) is 12.3 Å². The highest BCUT2D eigenvalue weighted by Crippen LogP contribution is 2.12. The summed E-state index contributed by atoms with van der Waals surface area (Å²) < 4.78 is 28.9. The van der Waals surface area contributed by atoms with E-state index in [1.165, 1.54) is 0 Å². The first-order valence-corrected chi connectivity index (χ1v) is 8.59. The van der Waals surface area contributed by atoms with Crippen molar-refractivity contribution in [2.75, 3.05) is 45.0 Å². The van der Waals surface area contributed by atoms with E-state index in [1.807, 2.05) is 6.07 Å². The summed E-state index contributed by atoms with van der Waals surface area (Å²) in [6, 6.07) is 8.64. The van der Waals surface area contributed by atoms with Gasteiger partial charge in [-0.2, -0.15) is 8.42 Å². The van der Waals surface area contributed by atoms with Crippen molar-refractivity contribution < 1.29 is 12.6 Å². The maximum atomic E-state index is 11.9. The molecular formula is C14H22N2O3S. The lowest BCUT2D eigenvalue weighted by Crippen LogP contribution is -2.47. The molecule has 0 N–H and O–H groups in total. The fraction of sp³-hybridized carbons (Fsp3) is 0.571. The number of benzene rings is 1. The molecule has 0 saturated carbocycles. The Labute approximate surface area is 121 Å². The molecule has 0 amide bonds. The Bertz CT molecular complexity index is 496. The van der Waals surface area contributed by atoms with Gasteiger partial charge in [-0.1, -0.05) is 25.1 Å². The molecule has 1 saturated heterocycles. The van der Waals surface area contributed by atoms with Gasteiger partial charge in [0.25, 0.3) is 0 Å². The second-order valence-electron chi connectivity index (χ2n) is 4.93. The van der Waals surface area contributed by atoms with E-state index in [0.717, 1.165) is 32.7 Å². The zero-order chi connectivity index (χ0) is 14.4. The van der Waals surface area contributed by atoms with E-state index < -0.39 is 10.1 Å². The summed E-state index contributed by atoms with van der Waals surface area (Å²) >= 11 is 0. The lowest BCUT2D eigenvalue weighted by molar-refractivity contribution is 0.143. The second-order valence-corrected chi connectivity index (χ2v) is 6.62. The molecule has 112 valence electrons. The van der Waals surface area contributed by atoms with Crippen LogP contribution in [0.3, 0.4) is 0 Å². The Balaban J connectivity index is 1.78. The molecule has 1 aromatic rings. The van der Waals surface area contributed by atoms with Crippen molar-refractivity contribution in [2.24, 2.45) is 0 Å². The van der Waals surface area contributed by atoms with Gasteiger partial charge in [0.15, 0.2) is 0 Å². The monoisotopic (exact) mass is 298 g/mol. The highest BCUT2D eigenvalue weighted by atomic mass is 32.2. The number of piperazine rings is 1. The molecule has 0 spiro atoms. The molecular weight excluding hydrogens is 276 g/mol. The van der Waals surface area contributed by atoms with Crippen LogP contribution in [0.2, 0.25) is 0 Å². The number of hydrogen-bond acceptors (Lipinski definition) is 5. The van der Waals surface area contributed by atoms with Gasteiger partial charge in [0.2, 0.25) is 0 Å². The molecule has 2 rings (SSSR count). The van der Waals surface area contributed by atoms with Crippen LogP contribution in [-0.4, -0.2) is 63.2 Å². The third kappa shape index (κ3) is 4.77. The van der Waals surface area contributed by atoms with Crippen LogP contribution in [0.25, 0.3) is 0 Å². The van der Waals surface area contributed by atoms with Gasteiger partial charge in [-0.25, -0.2) is 0 Å². The van der Waals surface area contributed by atoms with Gasteiger partial charge in [0.05, 0.1) is 5.75 Å². The number of nitrogens with zero attached hydrogens (tertiary/aromatic N) is 2. The molecule has 1 aromatic carbocycles. The Hall–Kier alpha value is -1.11. The van der Waals surface area contributed by atoms with Crippen LogP contribution < -0.4 is 4.18 Å². The molecule has 0 radical (unpaired) electrons. The van der Waals surface area contributed by atoms with Crippen molar-refractivity contribution in [3.63, 3.8) is 0 Å². The summed E-state index contributed by atoms with van der Waals surface area (Å²) in [7, 11) is -3.51. The van der Waals surface area contributed by atoms with Crippen molar-refractivity contribution in [1.82, 2.24) is 9.80 Å². The van der Waals surface area contributed by atoms with Crippen LogP contribution in [0.1, 0.15) is 6.92 Å². The average Bonchev–Trinajstić information content (AvgIpc) is 2.46. The van der Waals surface area contributed by atoms with Crippen LogP contribution >= 0.6 is 0 Å². The van der Waals surface area contributed by atoms with Crippen molar-refractivity contribution in [2.45, 2.75) is 6.92 Å². The normalized spacial score (nSPS) is 18.1. The van der Waals surface area contributed by atoms with Gasteiger partial charge < -0.3 is 9.08 Å². The summed E-state index contributed by atoms with van der Waals surface area (Å²) in [6.07, 6.45) is 0. The second kappa shape index (κ2) is 7.06. The number of likely N-dealkylation sites (N-methyl/N-ethyl adjacent to an activating group) is 1. The largest absolute Gasteiger partial charge is 0.382 e. The van der Waals surface area contributed by atoms with Crippen LogP contribution in [0.15, 0.2) is 30.3 Å². The summed E-state index contributed by atoms with van der Waals surface area (Å²) in [5.74, 6) is 0.414. The van der Waals surface area contributed by atoms with E-state index >= 15 is 0 Å². The smallest absolute Gasteiger partial charge is 0.310 e. The highest BCUT2D eigenvalue weighted by molar-refractivity contribution is 7.87. The highest BCUT2D eigenvalue weighted by Gasteiger charge is 2.19. The quantitative estimate of drug-likeness (QED) is 0.734. The third-order valence-electron chi connectivity index (χ3n) is 3.54. The molecule has 1 heterocycles. The molecule has 6 heteroatoms. The predicted molar refractivity (Wildman–Crippen MR) is 79.4 cm³/mol. The molecule has 20 heavy (non-hydrogen) atoms. The first-order valence-electron chi connectivity index (χ1n) is 7.01. The predicted octanol–water partition coefficient (Wildman–Crippen LogP) is 1.03. The van der Waals surface area contributed by atoms with E-state index in [-0.39, 0.29) is 5.75 Å². The van der Waals surface area contributed by atoms with Gasteiger partial charge in [0.1, 0.15) is 5.75 Å². The molecule has 1 fully saturated rings. The Kier molecular flexibility index (Phi) is 5.39. The van der Waals surface area contributed by atoms with E-state index in [2.05, 4.69) is 16.7 Å². The fourth-order valence-corrected chi connectivity index (χ4v) is 3.20. The molecule has 1 aliphatic heterocycles. The Morgan fingerprint density at radius 2 is 1.65 bits per heavy atom. The van der Waals surface area contributed by atoms with Crippen molar-refractivity contribution in [3.05, 3.63) is 30.3 Å². The van der Waals surface area contributed by atoms with E-state index in [4.69, 9.17) is 4.18 Å². The number of rotatable bonds is 6. The van der Waals surface area contributed by atoms with Gasteiger partial charge in [-0.3, -0.25) is 4.90 Å².